The number of nitrogens with one attached hydrogen (secondary N) is 2. The summed E-state index contributed by atoms with van der Waals surface area (Å²) in [6.45, 7) is 9.12. The lowest BCUT2D eigenvalue weighted by molar-refractivity contribution is -0.163. The fourth-order valence-corrected chi connectivity index (χ4v) is 7.18. The van der Waals surface area contributed by atoms with Crippen molar-refractivity contribution in [2.24, 2.45) is 0 Å². The van der Waals surface area contributed by atoms with Gasteiger partial charge in [-0.15, -0.1) is 0 Å². The summed E-state index contributed by atoms with van der Waals surface area (Å²) in [7, 11) is 0. The number of anilines is 2. The average molecular weight is 733 g/mol. The van der Waals surface area contributed by atoms with Crippen molar-refractivity contribution in [3.05, 3.63) is 109 Å². The SMILES string of the molecule is CC(C)(C)OC(=O)C(CCN1CCC(OC(=O)Nc2ccccc2-c2ccccc2)CC1)N1CCC(OC(=O)Nc2ccccc2-c2ccccc2)CC1. The molecule has 10 heteroatoms. The van der Waals surface area contributed by atoms with Crippen LogP contribution in [-0.2, 0) is 19.0 Å². The number of benzene rings is 4. The molecule has 284 valence electrons. The Labute approximate surface area is 318 Å². The van der Waals surface area contributed by atoms with Gasteiger partial charge in [-0.3, -0.25) is 20.3 Å². The molecule has 2 heterocycles. The minimum atomic E-state index is -0.608. The van der Waals surface area contributed by atoms with Crippen molar-refractivity contribution in [2.75, 3.05) is 43.4 Å². The summed E-state index contributed by atoms with van der Waals surface area (Å²) in [5.74, 6) is -0.234. The molecule has 54 heavy (non-hydrogen) atoms. The largest absolute Gasteiger partial charge is 0.459 e. The van der Waals surface area contributed by atoms with E-state index in [2.05, 4.69) is 20.4 Å². The number of piperidine rings is 2. The molecule has 0 bridgehead atoms. The zero-order valence-electron chi connectivity index (χ0n) is 31.5. The molecule has 2 amide bonds. The van der Waals surface area contributed by atoms with Gasteiger partial charge in [0, 0.05) is 43.9 Å². The summed E-state index contributed by atoms with van der Waals surface area (Å²) in [6.07, 6.45) is 1.89. The van der Waals surface area contributed by atoms with Gasteiger partial charge < -0.3 is 19.1 Å². The van der Waals surface area contributed by atoms with Crippen molar-refractivity contribution in [1.29, 1.82) is 0 Å². The standard InChI is InChI=1S/C44H52N4O6/c1-44(2,3)54-41(49)40(48-30-24-35(25-31-48)53-43(51)46-39-21-13-11-19-37(39)33-16-8-5-9-17-33)26-29-47-27-22-34(23-28-47)52-42(50)45-38-20-12-10-18-36(38)32-14-6-4-7-15-32/h4-21,34-35,40H,22-31H2,1-3H3,(H,45,50)(H,46,51). The van der Waals surface area contributed by atoms with Crippen molar-refractivity contribution in [1.82, 2.24) is 9.80 Å². The molecular formula is C44H52N4O6. The van der Waals surface area contributed by atoms with E-state index in [0.29, 0.717) is 63.1 Å². The van der Waals surface area contributed by atoms with Crippen molar-refractivity contribution < 1.29 is 28.6 Å². The van der Waals surface area contributed by atoms with Gasteiger partial charge >= 0.3 is 18.2 Å². The number of hydrogen-bond acceptors (Lipinski definition) is 8. The fourth-order valence-electron chi connectivity index (χ4n) is 7.18. The van der Waals surface area contributed by atoms with Gasteiger partial charge in [0.05, 0.1) is 11.4 Å². The predicted molar refractivity (Wildman–Crippen MR) is 212 cm³/mol. The van der Waals surface area contributed by atoms with Crippen LogP contribution < -0.4 is 10.6 Å². The number of amides is 2. The molecule has 4 aromatic carbocycles. The molecule has 2 N–H and O–H groups in total. The van der Waals surface area contributed by atoms with E-state index in [0.717, 1.165) is 35.3 Å². The maximum absolute atomic E-state index is 13.5. The third-order valence-corrected chi connectivity index (χ3v) is 9.89. The van der Waals surface area contributed by atoms with Crippen LogP contribution in [0.25, 0.3) is 22.3 Å². The first-order valence-corrected chi connectivity index (χ1v) is 19.0. The molecule has 0 radical (unpaired) electrons. The van der Waals surface area contributed by atoms with Crippen molar-refractivity contribution in [3.8, 4) is 22.3 Å². The van der Waals surface area contributed by atoms with E-state index in [4.69, 9.17) is 14.2 Å². The van der Waals surface area contributed by atoms with Crippen molar-refractivity contribution in [3.63, 3.8) is 0 Å². The molecule has 2 aliphatic rings. The highest BCUT2D eigenvalue weighted by Crippen LogP contribution is 2.30. The number of likely N-dealkylation sites (tertiary alicyclic amines) is 2. The summed E-state index contributed by atoms with van der Waals surface area (Å²) in [5.41, 5.74) is 4.69. The lowest BCUT2D eigenvalue weighted by Crippen LogP contribution is -2.50. The van der Waals surface area contributed by atoms with Crippen molar-refractivity contribution >= 4 is 29.5 Å². The maximum atomic E-state index is 13.5. The van der Waals surface area contributed by atoms with Gasteiger partial charge in [0.1, 0.15) is 23.9 Å². The molecule has 10 nitrogen and oxygen atoms in total. The Morgan fingerprint density at radius 2 is 1.06 bits per heavy atom. The van der Waals surface area contributed by atoms with Crippen LogP contribution >= 0.6 is 0 Å². The third-order valence-electron chi connectivity index (χ3n) is 9.89. The second-order valence-electron chi connectivity index (χ2n) is 15.0. The van der Waals surface area contributed by atoms with Crippen LogP contribution in [0.2, 0.25) is 0 Å². The Kier molecular flexibility index (Phi) is 13.0. The number of carbonyl (C=O) groups excluding carboxylic acids is 3. The van der Waals surface area contributed by atoms with Crippen LogP contribution in [0.4, 0.5) is 21.0 Å². The number of rotatable bonds is 11. The first-order valence-electron chi connectivity index (χ1n) is 19.0. The minimum absolute atomic E-state index is 0.185. The minimum Gasteiger partial charge on any atom is -0.459 e. The van der Waals surface area contributed by atoms with E-state index in [1.807, 2.05) is 130 Å². The zero-order valence-corrected chi connectivity index (χ0v) is 31.5. The summed E-state index contributed by atoms with van der Waals surface area (Å²) in [4.78, 5) is 44.0. The predicted octanol–water partition coefficient (Wildman–Crippen LogP) is 8.85. The molecule has 0 spiro atoms. The van der Waals surface area contributed by atoms with Gasteiger partial charge in [0.2, 0.25) is 0 Å². The van der Waals surface area contributed by atoms with Crippen LogP contribution in [-0.4, -0.2) is 84.5 Å². The Bertz CT molecular complexity index is 1830. The first kappa shape index (κ1) is 38.5. The van der Waals surface area contributed by atoms with Crippen LogP contribution in [0, 0.1) is 0 Å². The molecule has 2 saturated heterocycles. The number of hydrogen-bond donors (Lipinski definition) is 2. The highest BCUT2D eigenvalue weighted by molar-refractivity contribution is 5.92. The molecule has 6 rings (SSSR count). The molecule has 2 fully saturated rings. The highest BCUT2D eigenvalue weighted by Gasteiger charge is 2.35. The van der Waals surface area contributed by atoms with E-state index in [1.54, 1.807) is 0 Å². The van der Waals surface area contributed by atoms with E-state index in [1.165, 1.54) is 0 Å². The van der Waals surface area contributed by atoms with Crippen LogP contribution in [0.15, 0.2) is 109 Å². The normalized spacial score (nSPS) is 16.6. The maximum Gasteiger partial charge on any atom is 0.411 e. The van der Waals surface area contributed by atoms with E-state index in [9.17, 15) is 14.4 Å². The number of nitrogens with zero attached hydrogens (tertiary/aromatic N) is 2. The second-order valence-corrected chi connectivity index (χ2v) is 15.0. The molecule has 0 saturated carbocycles. The van der Waals surface area contributed by atoms with E-state index in [-0.39, 0.29) is 18.2 Å². The number of carbonyl (C=O) groups is 3. The Morgan fingerprint density at radius 3 is 1.52 bits per heavy atom. The summed E-state index contributed by atoms with van der Waals surface area (Å²) < 4.78 is 17.6. The van der Waals surface area contributed by atoms with Crippen molar-refractivity contribution in [2.45, 2.75) is 76.7 Å². The fraction of sp³-hybridized carbons (Fsp3) is 0.386. The van der Waals surface area contributed by atoms with Crippen LogP contribution in [0.3, 0.4) is 0 Å². The number of ether oxygens (including phenoxy) is 3. The summed E-state index contributed by atoms with van der Waals surface area (Å²) in [5, 5.41) is 5.88. The Morgan fingerprint density at radius 1 is 0.630 bits per heavy atom. The lowest BCUT2D eigenvalue weighted by Gasteiger charge is -2.38. The Hall–Kier alpha value is -5.19. The van der Waals surface area contributed by atoms with Gasteiger partial charge in [-0.05, 0) is 76.1 Å². The van der Waals surface area contributed by atoms with Crippen LogP contribution in [0.1, 0.15) is 52.9 Å². The molecule has 1 unspecified atom stereocenters. The van der Waals surface area contributed by atoms with Gasteiger partial charge in [-0.25, -0.2) is 9.59 Å². The molecule has 1 atom stereocenters. The zero-order chi connectivity index (χ0) is 37.9. The lowest BCUT2D eigenvalue weighted by atomic mass is 10.0. The number of para-hydroxylation sites is 2. The first-order chi connectivity index (χ1) is 26.1. The third kappa shape index (κ3) is 10.9. The van der Waals surface area contributed by atoms with E-state index >= 15 is 0 Å². The van der Waals surface area contributed by atoms with E-state index < -0.39 is 23.8 Å². The smallest absolute Gasteiger partial charge is 0.411 e. The van der Waals surface area contributed by atoms with Gasteiger partial charge in [0.25, 0.3) is 0 Å². The number of esters is 1. The monoisotopic (exact) mass is 732 g/mol. The summed E-state index contributed by atoms with van der Waals surface area (Å²) in [6, 6.07) is 34.8. The van der Waals surface area contributed by atoms with Gasteiger partial charge in [-0.1, -0.05) is 97.1 Å². The molecule has 0 aromatic heterocycles. The Balaban J connectivity index is 0.971. The van der Waals surface area contributed by atoms with Gasteiger partial charge in [-0.2, -0.15) is 0 Å². The highest BCUT2D eigenvalue weighted by atomic mass is 16.6. The van der Waals surface area contributed by atoms with Crippen LogP contribution in [0.5, 0.6) is 0 Å². The summed E-state index contributed by atoms with van der Waals surface area (Å²) >= 11 is 0. The van der Waals surface area contributed by atoms with Gasteiger partial charge in [0.15, 0.2) is 0 Å². The quantitative estimate of drug-likeness (QED) is 0.116. The molecule has 0 aliphatic carbocycles. The molecule has 4 aromatic rings. The molecule has 2 aliphatic heterocycles. The topological polar surface area (TPSA) is 109 Å². The molecular weight excluding hydrogens is 681 g/mol. The second kappa shape index (κ2) is 18.2. The average Bonchev–Trinajstić information content (AvgIpc) is 3.16.